The van der Waals surface area contributed by atoms with Crippen LogP contribution in [0.25, 0.3) is 11.3 Å². The van der Waals surface area contributed by atoms with Crippen molar-refractivity contribution < 1.29 is 19.2 Å². The first kappa shape index (κ1) is 16.5. The molecule has 0 saturated carbocycles. The molecular formula is C17H17ClN2O4. The average Bonchev–Trinajstić information content (AvgIpc) is 3.05. The van der Waals surface area contributed by atoms with Crippen molar-refractivity contribution in [2.45, 2.75) is 31.7 Å². The third kappa shape index (κ3) is 3.59. The Morgan fingerprint density at radius 2 is 2.04 bits per heavy atom. The van der Waals surface area contributed by atoms with Crippen LogP contribution in [-0.4, -0.2) is 39.6 Å². The summed E-state index contributed by atoms with van der Waals surface area (Å²) in [6.07, 6.45) is 2.44. The van der Waals surface area contributed by atoms with Crippen LogP contribution in [0, 0.1) is 0 Å². The average molecular weight is 349 g/mol. The molecule has 1 aliphatic rings. The number of rotatable bonds is 4. The molecule has 2 aromatic rings. The van der Waals surface area contributed by atoms with E-state index < -0.39 is 5.97 Å². The highest BCUT2D eigenvalue weighted by atomic mass is 35.5. The Morgan fingerprint density at radius 1 is 1.29 bits per heavy atom. The molecule has 1 saturated heterocycles. The third-order valence-electron chi connectivity index (χ3n) is 4.16. The number of carbonyl (C=O) groups excluding carboxylic acids is 1. The highest BCUT2D eigenvalue weighted by Gasteiger charge is 2.30. The number of nitrogens with zero attached hydrogens (tertiary/aromatic N) is 2. The molecule has 1 aromatic carbocycles. The molecule has 0 radical (unpaired) electrons. The number of hydrogen-bond acceptors (Lipinski definition) is 4. The fraction of sp³-hybridized carbons (Fsp3) is 0.353. The molecule has 0 spiro atoms. The molecule has 1 aromatic heterocycles. The number of aromatic nitrogens is 1. The number of benzene rings is 1. The lowest BCUT2D eigenvalue weighted by molar-refractivity contribution is -0.138. The fourth-order valence-corrected chi connectivity index (χ4v) is 3.08. The molecule has 1 aliphatic heterocycles. The van der Waals surface area contributed by atoms with Crippen LogP contribution in [0.15, 0.2) is 34.9 Å². The maximum atomic E-state index is 12.7. The molecule has 126 valence electrons. The van der Waals surface area contributed by atoms with Crippen LogP contribution in [0.4, 0.5) is 0 Å². The quantitative estimate of drug-likeness (QED) is 0.914. The van der Waals surface area contributed by atoms with Crippen LogP contribution in [0.5, 0.6) is 0 Å². The van der Waals surface area contributed by atoms with Gasteiger partial charge in [0.15, 0.2) is 11.5 Å². The summed E-state index contributed by atoms with van der Waals surface area (Å²) in [6.45, 7) is 0.542. The van der Waals surface area contributed by atoms with E-state index in [0.29, 0.717) is 23.7 Å². The van der Waals surface area contributed by atoms with E-state index in [-0.39, 0.29) is 24.1 Å². The van der Waals surface area contributed by atoms with Crippen molar-refractivity contribution >= 4 is 23.5 Å². The molecule has 1 N–H and O–H groups in total. The van der Waals surface area contributed by atoms with E-state index in [4.69, 9.17) is 21.2 Å². The zero-order valence-corrected chi connectivity index (χ0v) is 13.7. The zero-order valence-electron chi connectivity index (χ0n) is 12.9. The van der Waals surface area contributed by atoms with E-state index >= 15 is 0 Å². The zero-order chi connectivity index (χ0) is 17.1. The van der Waals surface area contributed by atoms with Crippen molar-refractivity contribution in [3.05, 3.63) is 41.0 Å². The van der Waals surface area contributed by atoms with E-state index in [1.807, 2.05) is 0 Å². The Bertz CT molecular complexity index is 741. The predicted molar refractivity (Wildman–Crippen MR) is 87.9 cm³/mol. The molecule has 1 unspecified atom stereocenters. The first-order valence-electron chi connectivity index (χ1n) is 7.80. The predicted octanol–water partition coefficient (Wildman–Crippen LogP) is 3.46. The topological polar surface area (TPSA) is 83.6 Å². The normalized spacial score (nSPS) is 17.7. The van der Waals surface area contributed by atoms with Gasteiger partial charge in [0.2, 0.25) is 0 Å². The second kappa shape index (κ2) is 7.05. The summed E-state index contributed by atoms with van der Waals surface area (Å²) < 4.78 is 5.26. The number of carboxylic acids is 1. The Labute approximate surface area is 144 Å². The first-order valence-corrected chi connectivity index (χ1v) is 8.18. The molecule has 1 atom stereocenters. The molecule has 0 bridgehead atoms. The largest absolute Gasteiger partial charge is 0.481 e. The molecule has 2 heterocycles. The maximum Gasteiger partial charge on any atom is 0.305 e. The number of piperidine rings is 1. The number of carbonyl (C=O) groups is 2. The minimum absolute atomic E-state index is 0.0480. The molecule has 24 heavy (non-hydrogen) atoms. The van der Waals surface area contributed by atoms with Gasteiger partial charge < -0.3 is 14.5 Å². The van der Waals surface area contributed by atoms with Gasteiger partial charge in [-0.1, -0.05) is 16.8 Å². The molecule has 1 fully saturated rings. The van der Waals surface area contributed by atoms with Gasteiger partial charge >= 0.3 is 5.97 Å². The van der Waals surface area contributed by atoms with Gasteiger partial charge in [0.05, 0.1) is 6.42 Å². The van der Waals surface area contributed by atoms with Gasteiger partial charge in [-0.15, -0.1) is 0 Å². The number of aliphatic carboxylic acids is 1. The SMILES string of the molecule is O=C(O)CC1CCCCN1C(=O)c1cc(-c2ccc(Cl)cc2)on1. The van der Waals surface area contributed by atoms with E-state index in [0.717, 1.165) is 18.4 Å². The lowest BCUT2D eigenvalue weighted by Gasteiger charge is -2.34. The Kier molecular flexibility index (Phi) is 4.85. The molecule has 1 amide bonds. The van der Waals surface area contributed by atoms with E-state index in [1.165, 1.54) is 0 Å². The molecule has 7 heteroatoms. The number of carboxylic acid groups (broad SMARTS) is 1. The summed E-state index contributed by atoms with van der Waals surface area (Å²) in [5.41, 5.74) is 0.962. The first-order chi connectivity index (χ1) is 11.5. The fourth-order valence-electron chi connectivity index (χ4n) is 2.96. The minimum Gasteiger partial charge on any atom is -0.481 e. The second-order valence-corrected chi connectivity index (χ2v) is 6.27. The molecule has 6 nitrogen and oxygen atoms in total. The van der Waals surface area contributed by atoms with E-state index in [2.05, 4.69) is 5.16 Å². The van der Waals surface area contributed by atoms with Crippen molar-refractivity contribution in [1.29, 1.82) is 0 Å². The van der Waals surface area contributed by atoms with Gasteiger partial charge in [-0.3, -0.25) is 9.59 Å². The van der Waals surface area contributed by atoms with Crippen LogP contribution < -0.4 is 0 Å². The van der Waals surface area contributed by atoms with Gasteiger partial charge in [-0.2, -0.15) is 0 Å². The molecular weight excluding hydrogens is 332 g/mol. The summed E-state index contributed by atoms with van der Waals surface area (Å²) >= 11 is 5.86. The summed E-state index contributed by atoms with van der Waals surface area (Å²) in [7, 11) is 0. The van der Waals surface area contributed by atoms with Crippen LogP contribution >= 0.6 is 11.6 Å². The monoisotopic (exact) mass is 348 g/mol. The van der Waals surface area contributed by atoms with Crippen LogP contribution in [-0.2, 0) is 4.79 Å². The van der Waals surface area contributed by atoms with Gasteiger partial charge in [-0.25, -0.2) is 0 Å². The van der Waals surface area contributed by atoms with E-state index in [1.54, 1.807) is 35.2 Å². The van der Waals surface area contributed by atoms with Crippen molar-refractivity contribution in [3.8, 4) is 11.3 Å². The lowest BCUT2D eigenvalue weighted by atomic mass is 9.99. The molecule has 3 rings (SSSR count). The van der Waals surface area contributed by atoms with Crippen LogP contribution in [0.1, 0.15) is 36.2 Å². The van der Waals surface area contributed by atoms with Gasteiger partial charge in [0.25, 0.3) is 5.91 Å². The van der Waals surface area contributed by atoms with Gasteiger partial charge in [0.1, 0.15) is 0 Å². The Morgan fingerprint density at radius 3 is 2.75 bits per heavy atom. The second-order valence-electron chi connectivity index (χ2n) is 5.83. The van der Waals surface area contributed by atoms with Crippen LogP contribution in [0.3, 0.4) is 0 Å². The van der Waals surface area contributed by atoms with Gasteiger partial charge in [0, 0.05) is 29.2 Å². The Balaban J connectivity index is 1.79. The standard InChI is InChI=1S/C17H17ClN2O4/c18-12-6-4-11(5-7-12)15-10-14(19-24-15)17(23)20-8-2-1-3-13(20)9-16(21)22/h4-7,10,13H,1-3,8-9H2,(H,21,22). The molecule has 0 aliphatic carbocycles. The third-order valence-corrected chi connectivity index (χ3v) is 4.41. The summed E-state index contributed by atoms with van der Waals surface area (Å²) in [5.74, 6) is -0.714. The number of amides is 1. The number of hydrogen-bond donors (Lipinski definition) is 1. The summed E-state index contributed by atoms with van der Waals surface area (Å²) in [4.78, 5) is 25.3. The smallest absolute Gasteiger partial charge is 0.305 e. The van der Waals surface area contributed by atoms with Crippen molar-refractivity contribution in [2.75, 3.05) is 6.54 Å². The van der Waals surface area contributed by atoms with Crippen molar-refractivity contribution in [1.82, 2.24) is 10.1 Å². The summed E-state index contributed by atoms with van der Waals surface area (Å²) in [6, 6.07) is 8.32. The number of likely N-dealkylation sites (tertiary alicyclic amines) is 1. The maximum absolute atomic E-state index is 12.7. The minimum atomic E-state index is -0.901. The van der Waals surface area contributed by atoms with Crippen molar-refractivity contribution in [2.24, 2.45) is 0 Å². The lowest BCUT2D eigenvalue weighted by Crippen LogP contribution is -2.44. The Hall–Kier alpha value is -2.34. The van der Waals surface area contributed by atoms with Gasteiger partial charge in [-0.05, 0) is 43.5 Å². The number of halogens is 1. The summed E-state index contributed by atoms with van der Waals surface area (Å²) in [5, 5.41) is 13.5. The highest BCUT2D eigenvalue weighted by Crippen LogP contribution is 2.25. The highest BCUT2D eigenvalue weighted by molar-refractivity contribution is 6.30. The van der Waals surface area contributed by atoms with Crippen LogP contribution in [0.2, 0.25) is 5.02 Å². The van der Waals surface area contributed by atoms with E-state index in [9.17, 15) is 9.59 Å². The van der Waals surface area contributed by atoms with Crippen molar-refractivity contribution in [3.63, 3.8) is 0 Å².